The standard InChI is InChI=1S/C12H21N3O2S/c1-12(2,3)8-15(4)11-7-9(18(14,16)17)5-6-10(11)13/h5-7H,8,13H2,1-4H3,(H2,14,16,17). The molecule has 0 unspecified atom stereocenters. The van der Waals surface area contributed by atoms with Crippen molar-refractivity contribution in [3.63, 3.8) is 0 Å². The molecule has 1 rings (SSSR count). The van der Waals surface area contributed by atoms with Crippen molar-refractivity contribution in [2.24, 2.45) is 10.6 Å². The molecule has 102 valence electrons. The number of sulfonamides is 1. The Hall–Kier alpha value is -1.27. The summed E-state index contributed by atoms with van der Waals surface area (Å²) < 4.78 is 22.6. The van der Waals surface area contributed by atoms with Gasteiger partial charge in [-0.05, 0) is 23.6 Å². The molecule has 0 bridgehead atoms. The van der Waals surface area contributed by atoms with Crippen molar-refractivity contribution >= 4 is 21.4 Å². The van der Waals surface area contributed by atoms with E-state index in [1.807, 2.05) is 11.9 Å². The first kappa shape index (κ1) is 14.8. The quantitative estimate of drug-likeness (QED) is 0.813. The highest BCUT2D eigenvalue weighted by Gasteiger charge is 2.17. The number of nitrogens with zero attached hydrogens (tertiary/aromatic N) is 1. The lowest BCUT2D eigenvalue weighted by Gasteiger charge is -2.29. The molecule has 0 radical (unpaired) electrons. The van der Waals surface area contributed by atoms with E-state index >= 15 is 0 Å². The van der Waals surface area contributed by atoms with E-state index in [4.69, 9.17) is 10.9 Å². The highest BCUT2D eigenvalue weighted by molar-refractivity contribution is 7.89. The average molecular weight is 271 g/mol. The molecule has 0 amide bonds. The van der Waals surface area contributed by atoms with Crippen molar-refractivity contribution in [3.8, 4) is 0 Å². The van der Waals surface area contributed by atoms with Crippen molar-refractivity contribution in [3.05, 3.63) is 18.2 Å². The van der Waals surface area contributed by atoms with Crippen LogP contribution in [0.5, 0.6) is 0 Å². The monoisotopic (exact) mass is 271 g/mol. The lowest BCUT2D eigenvalue weighted by molar-refractivity contribution is 0.419. The first-order valence-electron chi connectivity index (χ1n) is 5.64. The van der Waals surface area contributed by atoms with Crippen molar-refractivity contribution < 1.29 is 8.42 Å². The van der Waals surface area contributed by atoms with Crippen LogP contribution in [0.3, 0.4) is 0 Å². The van der Waals surface area contributed by atoms with Gasteiger partial charge < -0.3 is 10.6 Å². The second kappa shape index (κ2) is 4.78. The van der Waals surface area contributed by atoms with E-state index < -0.39 is 10.0 Å². The molecule has 0 aliphatic carbocycles. The Balaban J connectivity index is 3.16. The number of rotatable bonds is 3. The van der Waals surface area contributed by atoms with Crippen LogP contribution in [0.2, 0.25) is 0 Å². The molecule has 1 aromatic rings. The van der Waals surface area contributed by atoms with Gasteiger partial charge in [0.05, 0.1) is 16.3 Å². The van der Waals surface area contributed by atoms with Gasteiger partial charge in [0, 0.05) is 13.6 Å². The Morgan fingerprint density at radius 2 is 1.83 bits per heavy atom. The summed E-state index contributed by atoms with van der Waals surface area (Å²) in [5.41, 5.74) is 7.17. The Labute approximate surface area is 109 Å². The fourth-order valence-electron chi connectivity index (χ4n) is 1.83. The van der Waals surface area contributed by atoms with E-state index in [1.54, 1.807) is 6.07 Å². The maximum absolute atomic E-state index is 11.3. The van der Waals surface area contributed by atoms with Crippen LogP contribution in [0, 0.1) is 5.41 Å². The summed E-state index contributed by atoms with van der Waals surface area (Å²) in [6.07, 6.45) is 0. The molecule has 5 nitrogen and oxygen atoms in total. The molecule has 0 aliphatic rings. The molecule has 0 fully saturated rings. The van der Waals surface area contributed by atoms with Gasteiger partial charge in [0.15, 0.2) is 0 Å². The lowest BCUT2D eigenvalue weighted by atomic mass is 9.96. The number of nitrogens with two attached hydrogens (primary N) is 2. The van der Waals surface area contributed by atoms with E-state index in [0.717, 1.165) is 6.54 Å². The van der Waals surface area contributed by atoms with Gasteiger partial charge in [-0.15, -0.1) is 0 Å². The van der Waals surface area contributed by atoms with E-state index in [0.29, 0.717) is 11.4 Å². The number of hydrogen-bond donors (Lipinski definition) is 2. The van der Waals surface area contributed by atoms with Gasteiger partial charge in [-0.25, -0.2) is 13.6 Å². The van der Waals surface area contributed by atoms with Crippen LogP contribution in [0.15, 0.2) is 23.1 Å². The third-order valence-electron chi connectivity index (χ3n) is 2.45. The largest absolute Gasteiger partial charge is 0.397 e. The predicted molar refractivity (Wildman–Crippen MR) is 75.0 cm³/mol. The van der Waals surface area contributed by atoms with E-state index in [2.05, 4.69) is 20.8 Å². The Morgan fingerprint density at radius 1 is 1.28 bits per heavy atom. The first-order chi connectivity index (χ1) is 8.00. The predicted octanol–water partition coefficient (Wildman–Crippen LogP) is 1.40. The summed E-state index contributed by atoms with van der Waals surface area (Å²) in [4.78, 5) is 2.01. The Morgan fingerprint density at radius 3 is 2.28 bits per heavy atom. The van der Waals surface area contributed by atoms with Gasteiger partial charge in [0.1, 0.15) is 0 Å². The van der Waals surface area contributed by atoms with Crippen LogP contribution >= 0.6 is 0 Å². The summed E-state index contributed by atoms with van der Waals surface area (Å²) >= 11 is 0. The Kier molecular flexibility index (Phi) is 3.92. The van der Waals surface area contributed by atoms with E-state index in [1.165, 1.54) is 12.1 Å². The molecule has 4 N–H and O–H groups in total. The SMILES string of the molecule is CN(CC(C)(C)C)c1cc(S(N)(=O)=O)ccc1N. The topological polar surface area (TPSA) is 89.4 Å². The second-order valence-electron chi connectivity index (χ2n) is 5.68. The molecule has 0 atom stereocenters. The van der Waals surface area contributed by atoms with Crippen LogP contribution in [0.1, 0.15) is 20.8 Å². The van der Waals surface area contributed by atoms with Crippen molar-refractivity contribution in [2.45, 2.75) is 25.7 Å². The molecule has 0 saturated carbocycles. The number of benzene rings is 1. The normalized spacial score (nSPS) is 12.5. The van der Waals surface area contributed by atoms with Crippen molar-refractivity contribution in [2.75, 3.05) is 24.2 Å². The molecule has 0 heterocycles. The summed E-state index contributed by atoms with van der Waals surface area (Å²) in [6, 6.07) is 4.49. The summed E-state index contributed by atoms with van der Waals surface area (Å²) in [6.45, 7) is 7.06. The van der Waals surface area contributed by atoms with Gasteiger partial charge >= 0.3 is 0 Å². The Bertz CT molecular complexity index is 533. The third-order valence-corrected chi connectivity index (χ3v) is 3.36. The zero-order chi connectivity index (χ0) is 14.1. The number of nitrogen functional groups attached to an aromatic ring is 1. The molecule has 0 saturated heterocycles. The average Bonchev–Trinajstić information content (AvgIpc) is 2.13. The minimum Gasteiger partial charge on any atom is -0.397 e. The van der Waals surface area contributed by atoms with E-state index in [-0.39, 0.29) is 10.3 Å². The molecular formula is C12H21N3O2S. The van der Waals surface area contributed by atoms with Gasteiger partial charge in [-0.3, -0.25) is 0 Å². The molecule has 6 heteroatoms. The molecular weight excluding hydrogens is 250 g/mol. The van der Waals surface area contributed by atoms with E-state index in [9.17, 15) is 8.42 Å². The zero-order valence-electron chi connectivity index (χ0n) is 11.3. The summed E-state index contributed by atoms with van der Waals surface area (Å²) in [5, 5.41) is 5.12. The van der Waals surface area contributed by atoms with Crippen LogP contribution in [-0.4, -0.2) is 22.0 Å². The van der Waals surface area contributed by atoms with Gasteiger partial charge in [0.2, 0.25) is 10.0 Å². The molecule has 0 aromatic heterocycles. The summed E-state index contributed by atoms with van der Waals surface area (Å²) in [5.74, 6) is 0. The third kappa shape index (κ3) is 3.89. The summed E-state index contributed by atoms with van der Waals surface area (Å²) in [7, 11) is -1.82. The minimum atomic E-state index is -3.70. The molecule has 0 aliphatic heterocycles. The minimum absolute atomic E-state index is 0.0764. The molecule has 0 spiro atoms. The first-order valence-corrected chi connectivity index (χ1v) is 7.19. The number of anilines is 2. The van der Waals surface area contributed by atoms with Crippen molar-refractivity contribution in [1.82, 2.24) is 0 Å². The van der Waals surface area contributed by atoms with Crippen LogP contribution < -0.4 is 15.8 Å². The van der Waals surface area contributed by atoms with Gasteiger partial charge in [0.25, 0.3) is 0 Å². The number of primary sulfonamides is 1. The molecule has 18 heavy (non-hydrogen) atoms. The van der Waals surface area contributed by atoms with Crippen LogP contribution in [0.25, 0.3) is 0 Å². The smallest absolute Gasteiger partial charge is 0.238 e. The highest BCUT2D eigenvalue weighted by Crippen LogP contribution is 2.27. The van der Waals surface area contributed by atoms with Crippen LogP contribution in [-0.2, 0) is 10.0 Å². The molecule has 1 aromatic carbocycles. The van der Waals surface area contributed by atoms with Gasteiger partial charge in [-0.1, -0.05) is 20.8 Å². The maximum atomic E-state index is 11.3. The van der Waals surface area contributed by atoms with Crippen molar-refractivity contribution in [1.29, 1.82) is 0 Å². The zero-order valence-corrected chi connectivity index (χ0v) is 12.1. The number of hydrogen-bond acceptors (Lipinski definition) is 4. The second-order valence-corrected chi connectivity index (χ2v) is 7.24. The lowest BCUT2D eigenvalue weighted by Crippen LogP contribution is -2.29. The maximum Gasteiger partial charge on any atom is 0.238 e. The highest BCUT2D eigenvalue weighted by atomic mass is 32.2. The van der Waals surface area contributed by atoms with Gasteiger partial charge in [-0.2, -0.15) is 0 Å². The fraction of sp³-hybridized carbons (Fsp3) is 0.500. The van der Waals surface area contributed by atoms with Crippen LogP contribution in [0.4, 0.5) is 11.4 Å². The fourth-order valence-corrected chi connectivity index (χ4v) is 2.36.